The predicted octanol–water partition coefficient (Wildman–Crippen LogP) is 2.59. The van der Waals surface area contributed by atoms with Crippen molar-refractivity contribution in [2.75, 3.05) is 0 Å². The number of aryl methyl sites for hydroxylation is 1. The Hall–Kier alpha value is -1.77. The van der Waals surface area contributed by atoms with Crippen molar-refractivity contribution in [1.29, 1.82) is 0 Å². The van der Waals surface area contributed by atoms with Gasteiger partial charge in [-0.25, -0.2) is 4.39 Å². The molecule has 3 heteroatoms. The first kappa shape index (κ1) is 8.81. The largest absolute Gasteiger partial charge is 0.264 e. The van der Waals surface area contributed by atoms with Gasteiger partial charge in [-0.2, -0.15) is 0 Å². The van der Waals surface area contributed by atoms with Crippen LogP contribution in [-0.4, -0.2) is 9.97 Å². The Morgan fingerprint density at radius 2 is 2.07 bits per heavy atom. The molecule has 0 unspecified atom stereocenters. The Balaban J connectivity index is 2.61. The van der Waals surface area contributed by atoms with Gasteiger partial charge in [-0.3, -0.25) is 9.97 Å². The molecule has 0 fully saturated rings. The van der Waals surface area contributed by atoms with Crippen molar-refractivity contribution in [3.05, 3.63) is 48.2 Å². The highest BCUT2D eigenvalue weighted by Gasteiger charge is 2.07. The van der Waals surface area contributed by atoms with E-state index in [1.54, 1.807) is 24.7 Å². The van der Waals surface area contributed by atoms with Gasteiger partial charge in [-0.05, 0) is 30.7 Å². The third-order valence-electron chi connectivity index (χ3n) is 2.05. The van der Waals surface area contributed by atoms with Gasteiger partial charge in [0, 0.05) is 24.2 Å². The second kappa shape index (κ2) is 3.54. The van der Waals surface area contributed by atoms with Crippen LogP contribution in [0.15, 0.2) is 36.8 Å². The summed E-state index contributed by atoms with van der Waals surface area (Å²) in [5.41, 5.74) is 2.07. The van der Waals surface area contributed by atoms with E-state index in [4.69, 9.17) is 0 Å². The Morgan fingerprint density at radius 3 is 2.79 bits per heavy atom. The quantitative estimate of drug-likeness (QED) is 0.687. The molecule has 0 spiro atoms. The summed E-state index contributed by atoms with van der Waals surface area (Å²) in [6.45, 7) is 1.91. The number of halogens is 1. The first-order valence-electron chi connectivity index (χ1n) is 4.30. The first-order valence-corrected chi connectivity index (χ1v) is 4.30. The van der Waals surface area contributed by atoms with Crippen molar-refractivity contribution in [2.45, 2.75) is 6.92 Å². The van der Waals surface area contributed by atoms with Gasteiger partial charge in [0.1, 0.15) is 11.5 Å². The monoisotopic (exact) mass is 188 g/mol. The van der Waals surface area contributed by atoms with E-state index in [1.807, 2.05) is 13.0 Å². The second-order valence-corrected chi connectivity index (χ2v) is 3.02. The molecule has 0 bridgehead atoms. The van der Waals surface area contributed by atoms with Crippen LogP contribution in [0.1, 0.15) is 5.56 Å². The zero-order chi connectivity index (χ0) is 9.97. The van der Waals surface area contributed by atoms with Gasteiger partial charge in [0.15, 0.2) is 0 Å². The van der Waals surface area contributed by atoms with Crippen LogP contribution in [0.25, 0.3) is 11.3 Å². The SMILES string of the molecule is Cc1ccncc1-c1ncccc1F. The van der Waals surface area contributed by atoms with Crippen LogP contribution in [0.5, 0.6) is 0 Å². The minimum atomic E-state index is -0.316. The van der Waals surface area contributed by atoms with Crippen LogP contribution in [0.4, 0.5) is 4.39 Å². The van der Waals surface area contributed by atoms with Crippen molar-refractivity contribution < 1.29 is 4.39 Å². The van der Waals surface area contributed by atoms with E-state index in [2.05, 4.69) is 9.97 Å². The van der Waals surface area contributed by atoms with E-state index in [0.29, 0.717) is 5.69 Å². The molecule has 0 saturated carbocycles. The molecule has 0 amide bonds. The van der Waals surface area contributed by atoms with E-state index in [9.17, 15) is 4.39 Å². The number of rotatable bonds is 1. The molecule has 0 saturated heterocycles. The van der Waals surface area contributed by atoms with E-state index < -0.39 is 0 Å². The Labute approximate surface area is 81.5 Å². The van der Waals surface area contributed by atoms with Crippen LogP contribution in [0, 0.1) is 12.7 Å². The van der Waals surface area contributed by atoms with E-state index in [0.717, 1.165) is 11.1 Å². The minimum absolute atomic E-state index is 0.316. The maximum atomic E-state index is 13.4. The zero-order valence-electron chi connectivity index (χ0n) is 7.74. The molecule has 0 aliphatic rings. The van der Waals surface area contributed by atoms with Gasteiger partial charge in [0.2, 0.25) is 0 Å². The molecule has 0 aliphatic heterocycles. The fourth-order valence-corrected chi connectivity index (χ4v) is 1.30. The maximum Gasteiger partial charge on any atom is 0.149 e. The number of nitrogens with zero attached hydrogens (tertiary/aromatic N) is 2. The maximum absolute atomic E-state index is 13.4. The number of hydrogen-bond acceptors (Lipinski definition) is 2. The molecule has 2 aromatic heterocycles. The molecule has 2 nitrogen and oxygen atoms in total. The van der Waals surface area contributed by atoms with Crippen molar-refractivity contribution in [2.24, 2.45) is 0 Å². The molecule has 0 aromatic carbocycles. The summed E-state index contributed by atoms with van der Waals surface area (Å²) in [7, 11) is 0. The summed E-state index contributed by atoms with van der Waals surface area (Å²) in [4.78, 5) is 7.95. The number of hydrogen-bond donors (Lipinski definition) is 0. The van der Waals surface area contributed by atoms with E-state index >= 15 is 0 Å². The molecule has 2 heterocycles. The molecule has 0 aliphatic carbocycles. The average molecular weight is 188 g/mol. The average Bonchev–Trinajstić information content (AvgIpc) is 2.20. The third kappa shape index (κ3) is 1.48. The standard InChI is InChI=1S/C11H9FN2/c1-8-4-6-13-7-9(8)11-10(12)3-2-5-14-11/h2-7H,1H3. The molecule has 2 rings (SSSR count). The summed E-state index contributed by atoms with van der Waals surface area (Å²) in [5.74, 6) is -0.316. The Kier molecular flexibility index (Phi) is 2.23. The topological polar surface area (TPSA) is 25.8 Å². The Bertz CT molecular complexity index is 411. The summed E-state index contributed by atoms with van der Waals surface area (Å²) >= 11 is 0. The summed E-state index contributed by atoms with van der Waals surface area (Å²) in [6, 6.07) is 4.81. The zero-order valence-corrected chi connectivity index (χ0v) is 7.74. The lowest BCUT2D eigenvalue weighted by Crippen LogP contribution is -1.91. The number of pyridine rings is 2. The molecule has 0 atom stereocenters. The summed E-state index contributed by atoms with van der Waals surface area (Å²) in [6.07, 6.45) is 4.88. The van der Waals surface area contributed by atoms with E-state index in [-0.39, 0.29) is 5.82 Å². The van der Waals surface area contributed by atoms with Crippen LogP contribution in [-0.2, 0) is 0 Å². The first-order chi connectivity index (χ1) is 6.79. The highest BCUT2D eigenvalue weighted by atomic mass is 19.1. The van der Waals surface area contributed by atoms with Crippen molar-refractivity contribution in [3.8, 4) is 11.3 Å². The molecule has 14 heavy (non-hydrogen) atoms. The highest BCUT2D eigenvalue weighted by Crippen LogP contribution is 2.21. The molecule has 70 valence electrons. The molecule has 0 N–H and O–H groups in total. The smallest absolute Gasteiger partial charge is 0.149 e. The minimum Gasteiger partial charge on any atom is -0.264 e. The molecule has 2 aromatic rings. The van der Waals surface area contributed by atoms with Crippen LogP contribution < -0.4 is 0 Å². The van der Waals surface area contributed by atoms with Crippen molar-refractivity contribution in [1.82, 2.24) is 9.97 Å². The van der Waals surface area contributed by atoms with Crippen LogP contribution in [0.2, 0.25) is 0 Å². The van der Waals surface area contributed by atoms with Crippen LogP contribution in [0.3, 0.4) is 0 Å². The van der Waals surface area contributed by atoms with E-state index in [1.165, 1.54) is 6.07 Å². The molecular weight excluding hydrogens is 179 g/mol. The molecular formula is C11H9FN2. The van der Waals surface area contributed by atoms with Crippen molar-refractivity contribution in [3.63, 3.8) is 0 Å². The van der Waals surface area contributed by atoms with Gasteiger partial charge in [-0.15, -0.1) is 0 Å². The van der Waals surface area contributed by atoms with Crippen molar-refractivity contribution >= 4 is 0 Å². The summed E-state index contributed by atoms with van der Waals surface area (Å²) < 4.78 is 13.4. The normalized spacial score (nSPS) is 10.1. The predicted molar refractivity (Wildman–Crippen MR) is 52.2 cm³/mol. The summed E-state index contributed by atoms with van der Waals surface area (Å²) in [5, 5.41) is 0. The lowest BCUT2D eigenvalue weighted by Gasteiger charge is -2.04. The second-order valence-electron chi connectivity index (χ2n) is 3.02. The van der Waals surface area contributed by atoms with Gasteiger partial charge >= 0.3 is 0 Å². The number of aromatic nitrogens is 2. The molecule has 0 radical (unpaired) electrons. The fourth-order valence-electron chi connectivity index (χ4n) is 1.30. The van der Waals surface area contributed by atoms with Gasteiger partial charge in [0.05, 0.1) is 0 Å². The Morgan fingerprint density at radius 1 is 1.21 bits per heavy atom. The lowest BCUT2D eigenvalue weighted by molar-refractivity contribution is 0.625. The van der Waals surface area contributed by atoms with Gasteiger partial charge < -0.3 is 0 Å². The van der Waals surface area contributed by atoms with Gasteiger partial charge in [-0.1, -0.05) is 0 Å². The third-order valence-corrected chi connectivity index (χ3v) is 2.05. The van der Waals surface area contributed by atoms with Crippen LogP contribution >= 0.6 is 0 Å². The van der Waals surface area contributed by atoms with Gasteiger partial charge in [0.25, 0.3) is 0 Å². The lowest BCUT2D eigenvalue weighted by atomic mass is 10.1. The highest BCUT2D eigenvalue weighted by molar-refractivity contribution is 5.62. The fraction of sp³-hybridized carbons (Fsp3) is 0.0909.